The van der Waals surface area contributed by atoms with Crippen molar-refractivity contribution in [2.45, 2.75) is 18.8 Å². The van der Waals surface area contributed by atoms with Gasteiger partial charge in [0.2, 0.25) is 5.91 Å². The second kappa shape index (κ2) is 9.30. The second-order valence-corrected chi connectivity index (χ2v) is 8.90. The number of rotatable bonds is 5. The molecule has 1 saturated heterocycles. The third-order valence-corrected chi connectivity index (χ3v) is 6.64. The molecule has 8 heteroatoms. The molecule has 0 aliphatic carbocycles. The average Bonchev–Trinajstić information content (AvgIpc) is 3.14. The number of aryl methyl sites for hydroxylation is 1. The topological polar surface area (TPSA) is 49.4 Å². The number of halogens is 3. The van der Waals surface area contributed by atoms with Gasteiger partial charge in [0, 0.05) is 28.4 Å². The summed E-state index contributed by atoms with van der Waals surface area (Å²) in [7, 11) is 0. The molecule has 0 saturated carbocycles. The van der Waals surface area contributed by atoms with Gasteiger partial charge in [0.25, 0.3) is 5.91 Å². The zero-order valence-electron chi connectivity index (χ0n) is 17.1. The van der Waals surface area contributed by atoms with E-state index < -0.39 is 5.82 Å². The normalized spacial score (nSPS) is 15.8. The van der Waals surface area contributed by atoms with Crippen LogP contribution in [-0.2, 0) is 11.3 Å². The van der Waals surface area contributed by atoms with Crippen molar-refractivity contribution in [3.8, 4) is 0 Å². The largest absolute Gasteiger partial charge is 0.348 e. The highest BCUT2D eigenvalue weighted by Gasteiger charge is 2.34. The lowest BCUT2D eigenvalue weighted by Crippen LogP contribution is -2.29. The van der Waals surface area contributed by atoms with Crippen LogP contribution in [0.3, 0.4) is 0 Å². The minimum atomic E-state index is -0.485. The van der Waals surface area contributed by atoms with Crippen molar-refractivity contribution in [1.82, 2.24) is 5.32 Å². The smallest absolute Gasteiger partial charge is 0.251 e. The van der Waals surface area contributed by atoms with E-state index in [9.17, 15) is 18.4 Å². The maximum absolute atomic E-state index is 13.9. The van der Waals surface area contributed by atoms with Crippen LogP contribution in [-0.4, -0.2) is 17.6 Å². The number of hydrogen-bond donors (Lipinski definition) is 1. The average molecular weight is 473 g/mol. The number of anilines is 1. The van der Waals surface area contributed by atoms with Gasteiger partial charge in [-0.2, -0.15) is 0 Å². The van der Waals surface area contributed by atoms with Crippen molar-refractivity contribution >= 4 is 40.9 Å². The van der Waals surface area contributed by atoms with E-state index in [2.05, 4.69) is 5.32 Å². The molecule has 32 heavy (non-hydrogen) atoms. The van der Waals surface area contributed by atoms with Crippen molar-refractivity contribution in [3.63, 3.8) is 0 Å². The fraction of sp³-hybridized carbons (Fsp3) is 0.167. The van der Waals surface area contributed by atoms with Crippen LogP contribution in [0.15, 0.2) is 60.7 Å². The van der Waals surface area contributed by atoms with Crippen LogP contribution in [0.25, 0.3) is 0 Å². The minimum absolute atomic E-state index is 0.0243. The summed E-state index contributed by atoms with van der Waals surface area (Å²) in [5, 5.41) is 2.72. The lowest BCUT2D eigenvalue weighted by Gasteiger charge is -2.26. The number of nitrogens with one attached hydrogen (secondary N) is 1. The monoisotopic (exact) mass is 472 g/mol. The van der Waals surface area contributed by atoms with Crippen LogP contribution >= 0.6 is 23.4 Å². The molecule has 3 aromatic rings. The Morgan fingerprint density at radius 2 is 1.88 bits per heavy atom. The summed E-state index contributed by atoms with van der Waals surface area (Å²) in [4.78, 5) is 26.9. The Kier molecular flexibility index (Phi) is 6.48. The third-order valence-electron chi connectivity index (χ3n) is 5.20. The quantitative estimate of drug-likeness (QED) is 0.523. The molecule has 1 fully saturated rings. The first-order chi connectivity index (χ1) is 15.3. The number of benzene rings is 3. The zero-order chi connectivity index (χ0) is 22.8. The zero-order valence-corrected chi connectivity index (χ0v) is 18.6. The second-order valence-electron chi connectivity index (χ2n) is 7.40. The van der Waals surface area contributed by atoms with E-state index in [0.29, 0.717) is 22.6 Å². The Hall–Kier alpha value is -2.90. The van der Waals surface area contributed by atoms with Gasteiger partial charge >= 0.3 is 0 Å². The fourth-order valence-electron chi connectivity index (χ4n) is 3.57. The van der Waals surface area contributed by atoms with Crippen molar-refractivity contribution in [3.05, 3.63) is 99.6 Å². The van der Waals surface area contributed by atoms with E-state index in [0.717, 1.165) is 11.1 Å². The number of carbonyl (C=O) groups is 2. The van der Waals surface area contributed by atoms with Crippen LogP contribution in [0, 0.1) is 18.6 Å². The van der Waals surface area contributed by atoms with E-state index in [1.54, 1.807) is 41.3 Å². The standard InChI is InChI=1S/C24H19ClF2N2O2S/c1-14-10-16(23(31)28-12-17-2-6-18(25)11-20(17)27)5-9-21(14)29-22(30)13-32-24(29)15-3-7-19(26)8-4-15/h2-11,24H,12-13H2,1H3,(H,28,31). The number of carbonyl (C=O) groups excluding carboxylic acids is 2. The Labute approximate surface area is 193 Å². The minimum Gasteiger partial charge on any atom is -0.348 e. The third kappa shape index (κ3) is 4.64. The summed E-state index contributed by atoms with van der Waals surface area (Å²) in [6.45, 7) is 1.85. The molecular weight excluding hydrogens is 454 g/mol. The van der Waals surface area contributed by atoms with Crippen LogP contribution in [0.1, 0.15) is 32.4 Å². The van der Waals surface area contributed by atoms with Crippen LogP contribution < -0.4 is 10.2 Å². The lowest BCUT2D eigenvalue weighted by molar-refractivity contribution is -0.115. The highest BCUT2D eigenvalue weighted by molar-refractivity contribution is 8.00. The molecule has 0 radical (unpaired) electrons. The van der Waals surface area contributed by atoms with E-state index >= 15 is 0 Å². The molecule has 0 spiro atoms. The van der Waals surface area contributed by atoms with Gasteiger partial charge in [-0.05, 0) is 60.5 Å². The van der Waals surface area contributed by atoms with Crippen molar-refractivity contribution in [2.24, 2.45) is 0 Å². The van der Waals surface area contributed by atoms with Crippen molar-refractivity contribution in [1.29, 1.82) is 0 Å². The molecule has 164 valence electrons. The molecule has 0 aromatic heterocycles. The van der Waals surface area contributed by atoms with Gasteiger partial charge in [0.05, 0.1) is 5.75 Å². The van der Waals surface area contributed by atoms with Gasteiger partial charge in [0.1, 0.15) is 17.0 Å². The molecule has 1 heterocycles. The highest BCUT2D eigenvalue weighted by Crippen LogP contribution is 2.42. The SMILES string of the molecule is Cc1cc(C(=O)NCc2ccc(Cl)cc2F)ccc1N1C(=O)CSC1c1ccc(F)cc1. The molecule has 1 aliphatic rings. The summed E-state index contributed by atoms with van der Waals surface area (Å²) >= 11 is 7.22. The Balaban J connectivity index is 1.52. The maximum Gasteiger partial charge on any atom is 0.251 e. The fourth-order valence-corrected chi connectivity index (χ4v) is 4.90. The number of nitrogens with zero attached hydrogens (tertiary/aromatic N) is 1. The molecule has 1 aliphatic heterocycles. The summed E-state index contributed by atoms with van der Waals surface area (Å²) < 4.78 is 27.2. The lowest BCUT2D eigenvalue weighted by atomic mass is 10.1. The Bertz CT molecular complexity index is 1190. The number of thioether (sulfide) groups is 1. The number of hydrogen-bond acceptors (Lipinski definition) is 3. The molecule has 2 amide bonds. The molecule has 4 nitrogen and oxygen atoms in total. The number of amides is 2. The van der Waals surface area contributed by atoms with Crippen LogP contribution in [0.5, 0.6) is 0 Å². The van der Waals surface area contributed by atoms with Crippen LogP contribution in [0.4, 0.5) is 14.5 Å². The van der Waals surface area contributed by atoms with Gasteiger partial charge in [-0.15, -0.1) is 11.8 Å². The predicted molar refractivity (Wildman–Crippen MR) is 123 cm³/mol. The van der Waals surface area contributed by atoms with Gasteiger partial charge < -0.3 is 5.32 Å². The molecular formula is C24H19ClF2N2O2S. The summed E-state index contributed by atoms with van der Waals surface area (Å²) in [5.41, 5.74) is 3.00. The van der Waals surface area contributed by atoms with Crippen LogP contribution in [0.2, 0.25) is 5.02 Å². The van der Waals surface area contributed by atoms with E-state index in [1.807, 2.05) is 6.92 Å². The van der Waals surface area contributed by atoms with Crippen molar-refractivity contribution in [2.75, 3.05) is 10.7 Å². The first-order valence-corrected chi connectivity index (χ1v) is 11.3. The Morgan fingerprint density at radius 1 is 1.12 bits per heavy atom. The van der Waals surface area contributed by atoms with E-state index in [1.165, 1.54) is 36.0 Å². The molecule has 3 aromatic carbocycles. The first kappa shape index (κ1) is 22.3. The van der Waals surface area contributed by atoms with E-state index in [-0.39, 0.29) is 34.6 Å². The molecule has 0 bridgehead atoms. The van der Waals surface area contributed by atoms with Gasteiger partial charge in [0.15, 0.2) is 0 Å². The molecule has 4 rings (SSSR count). The molecule has 1 atom stereocenters. The maximum atomic E-state index is 13.9. The Morgan fingerprint density at radius 3 is 2.56 bits per heavy atom. The van der Waals surface area contributed by atoms with Gasteiger partial charge in [-0.3, -0.25) is 14.5 Å². The van der Waals surface area contributed by atoms with Gasteiger partial charge in [-0.25, -0.2) is 8.78 Å². The summed E-state index contributed by atoms with van der Waals surface area (Å²) in [6.07, 6.45) is 0. The first-order valence-electron chi connectivity index (χ1n) is 9.85. The molecule has 1 unspecified atom stereocenters. The highest BCUT2D eigenvalue weighted by atomic mass is 35.5. The molecule has 1 N–H and O–H groups in total. The van der Waals surface area contributed by atoms with Gasteiger partial charge in [-0.1, -0.05) is 29.8 Å². The summed E-state index contributed by atoms with van der Waals surface area (Å²) in [6, 6.07) is 15.4. The van der Waals surface area contributed by atoms with Crippen molar-refractivity contribution < 1.29 is 18.4 Å². The van der Waals surface area contributed by atoms with E-state index in [4.69, 9.17) is 11.6 Å². The predicted octanol–water partition coefficient (Wildman–Crippen LogP) is 5.64. The summed E-state index contributed by atoms with van der Waals surface area (Å²) in [5.74, 6) is -0.911.